The first-order valence-corrected chi connectivity index (χ1v) is 7.46. The molecule has 0 bridgehead atoms. The third-order valence-electron chi connectivity index (χ3n) is 3.86. The Morgan fingerprint density at radius 2 is 2.04 bits per heavy atom. The first-order valence-electron chi connectivity index (χ1n) is 7.46. The van der Waals surface area contributed by atoms with E-state index in [1.54, 1.807) is 43.5 Å². The summed E-state index contributed by atoms with van der Waals surface area (Å²) in [6.07, 6.45) is 0.595. The van der Waals surface area contributed by atoms with Gasteiger partial charge in [-0.15, -0.1) is 0 Å². The standard InChI is InChI=1S/C18H17FN2O3/c1-24-12-7-5-11(6-8-12)16(22)10-21-18(23)13-9-20-15-4-2-3-14(19)17(13)15/h2-9,16,20,22H,10H2,1H3,(H,21,23). The van der Waals surface area contributed by atoms with Gasteiger partial charge in [0.2, 0.25) is 0 Å². The third kappa shape index (κ3) is 3.09. The number of hydrogen-bond donors (Lipinski definition) is 3. The van der Waals surface area contributed by atoms with Gasteiger partial charge in [-0.3, -0.25) is 4.79 Å². The molecule has 3 aromatic rings. The highest BCUT2D eigenvalue weighted by molar-refractivity contribution is 6.06. The molecule has 0 aliphatic rings. The molecule has 5 nitrogen and oxygen atoms in total. The molecule has 0 radical (unpaired) electrons. The largest absolute Gasteiger partial charge is 0.497 e. The fourth-order valence-corrected chi connectivity index (χ4v) is 2.55. The predicted octanol–water partition coefficient (Wildman–Crippen LogP) is 2.78. The summed E-state index contributed by atoms with van der Waals surface area (Å²) < 4.78 is 19.0. The van der Waals surface area contributed by atoms with Crippen molar-refractivity contribution in [3.63, 3.8) is 0 Å². The fraction of sp³-hybridized carbons (Fsp3) is 0.167. The van der Waals surface area contributed by atoms with E-state index in [2.05, 4.69) is 10.3 Å². The Hall–Kier alpha value is -2.86. The lowest BCUT2D eigenvalue weighted by Gasteiger charge is -2.12. The van der Waals surface area contributed by atoms with Gasteiger partial charge in [-0.25, -0.2) is 4.39 Å². The van der Waals surface area contributed by atoms with Crippen molar-refractivity contribution in [3.05, 3.63) is 65.6 Å². The maximum absolute atomic E-state index is 13.9. The lowest BCUT2D eigenvalue weighted by molar-refractivity contribution is 0.0917. The maximum Gasteiger partial charge on any atom is 0.253 e. The number of hydrogen-bond acceptors (Lipinski definition) is 3. The Balaban J connectivity index is 1.70. The number of aromatic amines is 1. The van der Waals surface area contributed by atoms with Crippen molar-refractivity contribution in [2.75, 3.05) is 13.7 Å². The summed E-state index contributed by atoms with van der Waals surface area (Å²) in [7, 11) is 1.56. The summed E-state index contributed by atoms with van der Waals surface area (Å²) in [5.41, 5.74) is 1.42. The minimum atomic E-state index is -0.866. The highest BCUT2D eigenvalue weighted by atomic mass is 19.1. The van der Waals surface area contributed by atoms with E-state index >= 15 is 0 Å². The number of carbonyl (C=O) groups excluding carboxylic acids is 1. The Kier molecular flexibility index (Phi) is 4.48. The first kappa shape index (κ1) is 16.0. The van der Waals surface area contributed by atoms with E-state index in [-0.39, 0.29) is 17.5 Å². The quantitative estimate of drug-likeness (QED) is 0.674. The molecule has 6 heteroatoms. The zero-order valence-electron chi connectivity index (χ0n) is 13.0. The van der Waals surface area contributed by atoms with Crippen LogP contribution in [0, 0.1) is 5.82 Å². The van der Waals surface area contributed by atoms with Gasteiger partial charge < -0.3 is 20.1 Å². The van der Waals surface area contributed by atoms with Gasteiger partial charge in [0.15, 0.2) is 0 Å². The molecule has 0 saturated heterocycles. The van der Waals surface area contributed by atoms with Crippen molar-refractivity contribution < 1.29 is 19.0 Å². The lowest BCUT2D eigenvalue weighted by atomic mass is 10.1. The first-order chi connectivity index (χ1) is 11.6. The molecule has 1 atom stereocenters. The molecule has 0 aliphatic heterocycles. The molecule has 124 valence electrons. The summed E-state index contributed by atoms with van der Waals surface area (Å²) >= 11 is 0. The maximum atomic E-state index is 13.9. The summed E-state index contributed by atoms with van der Waals surface area (Å²) in [5.74, 6) is -0.224. The number of amides is 1. The number of rotatable bonds is 5. The molecule has 1 aromatic heterocycles. The zero-order chi connectivity index (χ0) is 17.1. The monoisotopic (exact) mass is 328 g/mol. The van der Waals surface area contributed by atoms with Gasteiger partial charge in [-0.1, -0.05) is 18.2 Å². The van der Waals surface area contributed by atoms with Crippen molar-refractivity contribution in [3.8, 4) is 5.75 Å². The van der Waals surface area contributed by atoms with E-state index in [1.165, 1.54) is 12.3 Å². The van der Waals surface area contributed by atoms with E-state index in [0.29, 0.717) is 16.8 Å². The highest BCUT2D eigenvalue weighted by Gasteiger charge is 2.16. The summed E-state index contributed by atoms with van der Waals surface area (Å²) in [5, 5.41) is 13.0. The number of fused-ring (bicyclic) bond motifs is 1. The van der Waals surface area contributed by atoms with Crippen LogP contribution in [0.1, 0.15) is 22.0 Å². The van der Waals surface area contributed by atoms with Crippen LogP contribution in [0.4, 0.5) is 4.39 Å². The number of carbonyl (C=O) groups is 1. The second-order valence-electron chi connectivity index (χ2n) is 5.36. The van der Waals surface area contributed by atoms with Gasteiger partial charge in [-0.2, -0.15) is 0 Å². The second-order valence-corrected chi connectivity index (χ2v) is 5.36. The van der Waals surface area contributed by atoms with Crippen LogP contribution in [0.15, 0.2) is 48.7 Å². The Labute approximate surface area is 138 Å². The van der Waals surface area contributed by atoms with Crippen LogP contribution in [0.5, 0.6) is 5.75 Å². The van der Waals surface area contributed by atoms with Crippen LogP contribution < -0.4 is 10.1 Å². The van der Waals surface area contributed by atoms with E-state index in [4.69, 9.17) is 4.74 Å². The van der Waals surface area contributed by atoms with E-state index < -0.39 is 17.8 Å². The van der Waals surface area contributed by atoms with Crippen molar-refractivity contribution in [2.45, 2.75) is 6.10 Å². The molecule has 3 N–H and O–H groups in total. The molecule has 1 heterocycles. The Morgan fingerprint density at radius 3 is 2.75 bits per heavy atom. The number of benzene rings is 2. The molecule has 0 saturated carbocycles. The lowest BCUT2D eigenvalue weighted by Crippen LogP contribution is -2.28. The van der Waals surface area contributed by atoms with E-state index in [1.807, 2.05) is 0 Å². The average molecular weight is 328 g/mol. The second kappa shape index (κ2) is 6.72. The number of ether oxygens (including phenoxy) is 1. The molecule has 2 aromatic carbocycles. The molecule has 0 spiro atoms. The molecule has 1 unspecified atom stereocenters. The number of aromatic nitrogens is 1. The van der Waals surface area contributed by atoms with Crippen LogP contribution in [0.25, 0.3) is 10.9 Å². The third-order valence-corrected chi connectivity index (χ3v) is 3.86. The minimum Gasteiger partial charge on any atom is -0.497 e. The number of halogens is 1. The predicted molar refractivity (Wildman–Crippen MR) is 88.5 cm³/mol. The summed E-state index contributed by atoms with van der Waals surface area (Å²) in [6, 6.07) is 11.5. The van der Waals surface area contributed by atoms with Crippen LogP contribution in [-0.2, 0) is 0 Å². The van der Waals surface area contributed by atoms with Gasteiger partial charge in [0.05, 0.1) is 18.8 Å². The van der Waals surface area contributed by atoms with Crippen LogP contribution in [0.2, 0.25) is 0 Å². The Morgan fingerprint density at radius 1 is 1.29 bits per heavy atom. The molecular formula is C18H17FN2O3. The van der Waals surface area contributed by atoms with Gasteiger partial charge in [0.1, 0.15) is 11.6 Å². The van der Waals surface area contributed by atoms with Crippen molar-refractivity contribution in [1.82, 2.24) is 10.3 Å². The van der Waals surface area contributed by atoms with Crippen molar-refractivity contribution in [1.29, 1.82) is 0 Å². The average Bonchev–Trinajstić information content (AvgIpc) is 3.05. The van der Waals surface area contributed by atoms with E-state index in [9.17, 15) is 14.3 Å². The van der Waals surface area contributed by atoms with Crippen LogP contribution in [0.3, 0.4) is 0 Å². The zero-order valence-corrected chi connectivity index (χ0v) is 13.0. The highest BCUT2D eigenvalue weighted by Crippen LogP contribution is 2.22. The summed E-state index contributed by atoms with van der Waals surface area (Å²) in [4.78, 5) is 15.1. The minimum absolute atomic E-state index is 0.0201. The molecule has 0 aliphatic carbocycles. The number of methoxy groups -OCH3 is 1. The van der Waals surface area contributed by atoms with Crippen molar-refractivity contribution in [2.24, 2.45) is 0 Å². The topological polar surface area (TPSA) is 74.3 Å². The van der Waals surface area contributed by atoms with Gasteiger partial charge >= 0.3 is 0 Å². The number of nitrogens with one attached hydrogen (secondary N) is 2. The van der Waals surface area contributed by atoms with Gasteiger partial charge in [0, 0.05) is 23.6 Å². The van der Waals surface area contributed by atoms with Gasteiger partial charge in [-0.05, 0) is 29.8 Å². The molecular weight excluding hydrogens is 311 g/mol. The molecule has 3 rings (SSSR count). The number of H-pyrrole nitrogens is 1. The normalized spacial score (nSPS) is 12.1. The Bertz CT molecular complexity index is 858. The number of aliphatic hydroxyl groups is 1. The number of aliphatic hydroxyl groups excluding tert-OH is 1. The SMILES string of the molecule is COc1ccc(C(O)CNC(=O)c2c[nH]c3cccc(F)c23)cc1. The smallest absolute Gasteiger partial charge is 0.253 e. The molecule has 0 fully saturated rings. The van der Waals surface area contributed by atoms with Crippen LogP contribution in [-0.4, -0.2) is 29.7 Å². The molecule has 1 amide bonds. The van der Waals surface area contributed by atoms with Crippen molar-refractivity contribution >= 4 is 16.8 Å². The van der Waals surface area contributed by atoms with Crippen LogP contribution >= 0.6 is 0 Å². The summed E-state index contributed by atoms with van der Waals surface area (Å²) in [6.45, 7) is 0.0201. The fourth-order valence-electron chi connectivity index (χ4n) is 2.55. The van der Waals surface area contributed by atoms with E-state index in [0.717, 1.165) is 0 Å². The van der Waals surface area contributed by atoms with Gasteiger partial charge in [0.25, 0.3) is 5.91 Å². The molecule has 24 heavy (non-hydrogen) atoms.